The van der Waals surface area contributed by atoms with Crippen molar-refractivity contribution in [3.8, 4) is 5.69 Å². The van der Waals surface area contributed by atoms with Crippen LogP contribution in [0.5, 0.6) is 0 Å². The molecular weight excluding hydrogens is 403 g/mol. The summed E-state index contributed by atoms with van der Waals surface area (Å²) in [6, 6.07) is 15.1. The fraction of sp³-hybridized carbons (Fsp3) is 0.158. The van der Waals surface area contributed by atoms with Crippen LogP contribution in [0, 0.1) is 4.77 Å². The number of nitrogens with one attached hydrogen (secondary N) is 2. The van der Waals surface area contributed by atoms with E-state index >= 15 is 0 Å². The van der Waals surface area contributed by atoms with E-state index in [9.17, 15) is 4.79 Å². The van der Waals surface area contributed by atoms with Gasteiger partial charge in [0, 0.05) is 23.1 Å². The number of anilines is 1. The third-order valence-electron chi connectivity index (χ3n) is 4.48. The molecule has 0 aliphatic carbocycles. The highest BCUT2D eigenvalue weighted by Gasteiger charge is 2.23. The quantitative estimate of drug-likeness (QED) is 0.610. The second-order valence-corrected chi connectivity index (χ2v) is 7.55. The zero-order valence-electron chi connectivity index (χ0n) is 14.2. The Morgan fingerprint density at radius 3 is 2.70 bits per heavy atom. The van der Waals surface area contributed by atoms with Crippen LogP contribution in [0.15, 0.2) is 53.3 Å². The van der Waals surface area contributed by atoms with Gasteiger partial charge in [-0.3, -0.25) is 19.2 Å². The SMILES string of the molecule is O=c1[nH]c(=S)n(-c2cccc(Cl)c2)c2c1CN(Cc1ccccc1Cl)CN2. The molecule has 138 valence electrons. The molecule has 1 aliphatic heterocycles. The standard InChI is InChI=1S/C19H16Cl2N4OS/c20-13-5-3-6-14(8-13)25-17-15(18(26)23-19(25)27)10-24(11-22-17)9-12-4-1-2-7-16(12)21/h1-8,22H,9-11H2,(H,23,26,27). The van der Waals surface area contributed by atoms with E-state index in [4.69, 9.17) is 35.4 Å². The molecule has 5 nitrogen and oxygen atoms in total. The summed E-state index contributed by atoms with van der Waals surface area (Å²) in [6.45, 7) is 1.69. The van der Waals surface area contributed by atoms with Crippen molar-refractivity contribution < 1.29 is 0 Å². The molecule has 8 heteroatoms. The second-order valence-electron chi connectivity index (χ2n) is 6.32. The lowest BCUT2D eigenvalue weighted by Crippen LogP contribution is -2.38. The predicted molar refractivity (Wildman–Crippen MR) is 111 cm³/mol. The Morgan fingerprint density at radius 1 is 1.11 bits per heavy atom. The zero-order valence-corrected chi connectivity index (χ0v) is 16.5. The molecule has 0 unspecified atom stereocenters. The first-order valence-corrected chi connectivity index (χ1v) is 9.53. The highest BCUT2D eigenvalue weighted by molar-refractivity contribution is 7.71. The van der Waals surface area contributed by atoms with Crippen LogP contribution < -0.4 is 10.9 Å². The molecule has 0 amide bonds. The smallest absolute Gasteiger partial charge is 0.258 e. The van der Waals surface area contributed by atoms with E-state index in [0.29, 0.717) is 46.0 Å². The Morgan fingerprint density at radius 2 is 1.93 bits per heavy atom. The van der Waals surface area contributed by atoms with Gasteiger partial charge in [0.05, 0.1) is 17.9 Å². The molecule has 27 heavy (non-hydrogen) atoms. The number of H-pyrrole nitrogens is 1. The predicted octanol–water partition coefficient (Wildman–Crippen LogP) is 4.59. The van der Waals surface area contributed by atoms with Crippen molar-refractivity contribution in [1.82, 2.24) is 14.5 Å². The van der Waals surface area contributed by atoms with Crippen molar-refractivity contribution in [2.45, 2.75) is 13.1 Å². The summed E-state index contributed by atoms with van der Waals surface area (Å²) < 4.78 is 2.14. The van der Waals surface area contributed by atoms with Crippen LogP contribution in [0.2, 0.25) is 10.0 Å². The fourth-order valence-corrected chi connectivity index (χ4v) is 3.88. The summed E-state index contributed by atoms with van der Waals surface area (Å²) in [6.07, 6.45) is 0. The van der Waals surface area contributed by atoms with Gasteiger partial charge in [-0.2, -0.15) is 0 Å². The van der Waals surface area contributed by atoms with Gasteiger partial charge in [0.1, 0.15) is 5.82 Å². The van der Waals surface area contributed by atoms with Crippen LogP contribution >= 0.6 is 35.4 Å². The Kier molecular flexibility index (Phi) is 5.06. The van der Waals surface area contributed by atoms with E-state index in [2.05, 4.69) is 15.2 Å². The van der Waals surface area contributed by atoms with E-state index in [1.807, 2.05) is 47.0 Å². The molecule has 4 rings (SSSR count). The van der Waals surface area contributed by atoms with E-state index in [1.165, 1.54) is 0 Å². The van der Waals surface area contributed by atoms with Crippen LogP contribution in [-0.4, -0.2) is 21.1 Å². The van der Waals surface area contributed by atoms with Gasteiger partial charge in [0.15, 0.2) is 4.77 Å². The van der Waals surface area contributed by atoms with Gasteiger partial charge in [-0.15, -0.1) is 0 Å². The topological polar surface area (TPSA) is 53.1 Å². The molecule has 0 bridgehead atoms. The van der Waals surface area contributed by atoms with Crippen molar-refractivity contribution >= 4 is 41.2 Å². The lowest BCUT2D eigenvalue weighted by atomic mass is 10.1. The van der Waals surface area contributed by atoms with E-state index < -0.39 is 0 Å². The molecule has 0 radical (unpaired) electrons. The Hall–Kier alpha value is -2.12. The van der Waals surface area contributed by atoms with Crippen molar-refractivity contribution in [3.63, 3.8) is 0 Å². The lowest BCUT2D eigenvalue weighted by Gasteiger charge is -2.31. The summed E-state index contributed by atoms with van der Waals surface area (Å²) in [7, 11) is 0. The molecule has 0 spiro atoms. The van der Waals surface area contributed by atoms with Gasteiger partial charge in [-0.1, -0.05) is 47.5 Å². The molecule has 2 N–H and O–H groups in total. The van der Waals surface area contributed by atoms with Gasteiger partial charge in [-0.25, -0.2) is 0 Å². The van der Waals surface area contributed by atoms with Gasteiger partial charge in [0.2, 0.25) is 0 Å². The number of hydrogen-bond donors (Lipinski definition) is 2. The number of halogens is 2. The minimum absolute atomic E-state index is 0.190. The Bertz CT molecular complexity index is 1130. The molecule has 0 atom stereocenters. The third kappa shape index (κ3) is 3.66. The summed E-state index contributed by atoms with van der Waals surface area (Å²) in [5.74, 6) is 0.696. The van der Waals surface area contributed by atoms with Crippen molar-refractivity contribution in [3.05, 3.63) is 84.8 Å². The highest BCUT2D eigenvalue weighted by Crippen LogP contribution is 2.26. The monoisotopic (exact) mass is 418 g/mol. The third-order valence-corrected chi connectivity index (χ3v) is 5.37. The maximum Gasteiger partial charge on any atom is 0.258 e. The van der Waals surface area contributed by atoms with Crippen LogP contribution in [0.25, 0.3) is 5.69 Å². The number of fused-ring (bicyclic) bond motifs is 1. The molecule has 0 fully saturated rings. The van der Waals surface area contributed by atoms with Crippen molar-refractivity contribution in [2.75, 3.05) is 12.0 Å². The Labute approximate surface area is 171 Å². The summed E-state index contributed by atoms with van der Waals surface area (Å²) >= 11 is 17.8. The zero-order chi connectivity index (χ0) is 19.0. The fourth-order valence-electron chi connectivity index (χ4n) is 3.21. The van der Waals surface area contributed by atoms with E-state index in [-0.39, 0.29) is 5.56 Å². The maximum atomic E-state index is 12.5. The average Bonchev–Trinajstić information content (AvgIpc) is 2.64. The first-order valence-electron chi connectivity index (χ1n) is 8.37. The minimum atomic E-state index is -0.190. The van der Waals surface area contributed by atoms with Crippen LogP contribution in [0.3, 0.4) is 0 Å². The number of hydrogen-bond acceptors (Lipinski definition) is 4. The molecule has 0 saturated heterocycles. The molecule has 3 aromatic rings. The van der Waals surface area contributed by atoms with Crippen LogP contribution in [-0.2, 0) is 13.1 Å². The van der Waals surface area contributed by atoms with Gasteiger partial charge < -0.3 is 5.32 Å². The molecule has 1 aromatic heterocycles. The number of aromatic nitrogens is 2. The van der Waals surface area contributed by atoms with Gasteiger partial charge in [-0.05, 0) is 42.0 Å². The van der Waals surface area contributed by atoms with Crippen molar-refractivity contribution in [2.24, 2.45) is 0 Å². The van der Waals surface area contributed by atoms with Crippen LogP contribution in [0.4, 0.5) is 5.82 Å². The van der Waals surface area contributed by atoms with Crippen molar-refractivity contribution in [1.29, 1.82) is 0 Å². The Balaban J connectivity index is 1.72. The maximum absolute atomic E-state index is 12.5. The summed E-state index contributed by atoms with van der Waals surface area (Å²) in [5, 5.41) is 4.65. The number of nitrogens with zero attached hydrogens (tertiary/aromatic N) is 2. The van der Waals surface area contributed by atoms with E-state index in [1.54, 1.807) is 6.07 Å². The van der Waals surface area contributed by atoms with E-state index in [0.717, 1.165) is 11.3 Å². The minimum Gasteiger partial charge on any atom is -0.358 e. The normalized spacial score (nSPS) is 13.9. The number of aromatic amines is 1. The molecule has 2 aromatic carbocycles. The highest BCUT2D eigenvalue weighted by atomic mass is 35.5. The molecular formula is C19H16Cl2N4OS. The van der Waals surface area contributed by atoms with Crippen LogP contribution in [0.1, 0.15) is 11.1 Å². The van der Waals surface area contributed by atoms with Gasteiger partial charge in [0.25, 0.3) is 5.56 Å². The lowest BCUT2D eigenvalue weighted by molar-refractivity contribution is 0.264. The molecule has 2 heterocycles. The average molecular weight is 419 g/mol. The van der Waals surface area contributed by atoms with Gasteiger partial charge >= 0.3 is 0 Å². The number of benzene rings is 2. The summed E-state index contributed by atoms with van der Waals surface area (Å²) in [4.78, 5) is 17.4. The molecule has 0 saturated carbocycles. The number of rotatable bonds is 3. The summed E-state index contributed by atoms with van der Waals surface area (Å²) in [5.41, 5.74) is 2.25. The largest absolute Gasteiger partial charge is 0.358 e. The first kappa shape index (κ1) is 18.3. The second kappa shape index (κ2) is 7.48. The molecule has 1 aliphatic rings. The first-order chi connectivity index (χ1) is 13.0.